The SMILES string of the molecule is C[n+]1ccc(/C=C\c2c(Cl)cccc2Cl)cc1. The van der Waals surface area contributed by atoms with Crippen LogP contribution in [0.25, 0.3) is 12.2 Å². The summed E-state index contributed by atoms with van der Waals surface area (Å²) in [6, 6.07) is 9.56. The second-order valence-electron chi connectivity index (χ2n) is 3.77. The predicted molar refractivity (Wildman–Crippen MR) is 73.0 cm³/mol. The number of hydrogen-bond acceptors (Lipinski definition) is 0. The van der Waals surface area contributed by atoms with Crippen LogP contribution in [0, 0.1) is 0 Å². The van der Waals surface area contributed by atoms with Gasteiger partial charge < -0.3 is 0 Å². The molecule has 0 unspecified atom stereocenters. The van der Waals surface area contributed by atoms with Crippen LogP contribution in [0.15, 0.2) is 42.7 Å². The number of aromatic nitrogens is 1. The molecule has 2 aromatic rings. The fourth-order valence-corrected chi connectivity index (χ4v) is 2.00. The Labute approximate surface area is 111 Å². The first-order chi connectivity index (χ1) is 8.16. The van der Waals surface area contributed by atoms with Crippen molar-refractivity contribution in [2.75, 3.05) is 0 Å². The highest BCUT2D eigenvalue weighted by Crippen LogP contribution is 2.26. The molecule has 0 spiro atoms. The van der Waals surface area contributed by atoms with Crippen LogP contribution in [0.2, 0.25) is 10.0 Å². The zero-order valence-electron chi connectivity index (χ0n) is 9.40. The van der Waals surface area contributed by atoms with Gasteiger partial charge in [0.25, 0.3) is 0 Å². The second kappa shape index (κ2) is 5.35. The summed E-state index contributed by atoms with van der Waals surface area (Å²) in [5.74, 6) is 0. The molecule has 0 radical (unpaired) electrons. The summed E-state index contributed by atoms with van der Waals surface area (Å²) in [5, 5.41) is 1.32. The maximum absolute atomic E-state index is 6.08. The zero-order chi connectivity index (χ0) is 12.3. The lowest BCUT2D eigenvalue weighted by Crippen LogP contribution is -2.25. The van der Waals surface area contributed by atoms with Gasteiger partial charge in [0.2, 0.25) is 0 Å². The van der Waals surface area contributed by atoms with E-state index in [2.05, 4.69) is 0 Å². The molecule has 0 saturated carbocycles. The van der Waals surface area contributed by atoms with Crippen molar-refractivity contribution in [3.8, 4) is 0 Å². The van der Waals surface area contributed by atoms with Crippen molar-refractivity contribution in [2.24, 2.45) is 7.05 Å². The van der Waals surface area contributed by atoms with Gasteiger partial charge in [-0.3, -0.25) is 0 Å². The first-order valence-corrected chi connectivity index (χ1v) is 6.00. The minimum absolute atomic E-state index is 0.662. The number of nitrogens with zero attached hydrogens (tertiary/aromatic N) is 1. The van der Waals surface area contributed by atoms with E-state index in [0.29, 0.717) is 10.0 Å². The van der Waals surface area contributed by atoms with Crippen molar-refractivity contribution < 1.29 is 4.57 Å². The summed E-state index contributed by atoms with van der Waals surface area (Å²) < 4.78 is 1.99. The molecule has 0 saturated heterocycles. The summed E-state index contributed by atoms with van der Waals surface area (Å²) >= 11 is 12.2. The Kier molecular flexibility index (Phi) is 3.82. The van der Waals surface area contributed by atoms with E-state index in [-0.39, 0.29) is 0 Å². The van der Waals surface area contributed by atoms with Crippen LogP contribution < -0.4 is 4.57 Å². The lowest BCUT2D eigenvalue weighted by Gasteiger charge is -2.00. The van der Waals surface area contributed by atoms with Crippen molar-refractivity contribution in [1.82, 2.24) is 0 Å². The maximum atomic E-state index is 6.08. The number of aryl methyl sites for hydroxylation is 1. The molecule has 1 heterocycles. The lowest BCUT2D eigenvalue weighted by atomic mass is 10.1. The molecule has 86 valence electrons. The highest BCUT2D eigenvalue weighted by molar-refractivity contribution is 6.37. The zero-order valence-corrected chi connectivity index (χ0v) is 10.9. The number of rotatable bonds is 2. The fraction of sp³-hybridized carbons (Fsp3) is 0.0714. The molecule has 0 aliphatic carbocycles. The van der Waals surface area contributed by atoms with Crippen LogP contribution in [0.4, 0.5) is 0 Å². The van der Waals surface area contributed by atoms with Crippen molar-refractivity contribution in [3.63, 3.8) is 0 Å². The summed E-state index contributed by atoms with van der Waals surface area (Å²) in [5.41, 5.74) is 1.96. The van der Waals surface area contributed by atoms with E-state index in [4.69, 9.17) is 23.2 Å². The molecule has 0 atom stereocenters. The van der Waals surface area contributed by atoms with Crippen molar-refractivity contribution in [3.05, 3.63) is 63.9 Å². The van der Waals surface area contributed by atoms with E-state index >= 15 is 0 Å². The third-order valence-electron chi connectivity index (χ3n) is 2.45. The van der Waals surface area contributed by atoms with Crippen LogP contribution >= 0.6 is 23.2 Å². The summed E-state index contributed by atoms with van der Waals surface area (Å²) in [4.78, 5) is 0. The van der Waals surface area contributed by atoms with Crippen LogP contribution in [-0.4, -0.2) is 0 Å². The first-order valence-electron chi connectivity index (χ1n) is 5.24. The number of pyridine rings is 1. The van der Waals surface area contributed by atoms with Crippen molar-refractivity contribution in [1.29, 1.82) is 0 Å². The first kappa shape index (κ1) is 12.2. The standard InChI is InChI=1S/C14H12Cl2N/c1-17-9-7-11(8-10-17)5-6-12-13(15)3-2-4-14(12)16/h2-10H,1H3/q+1/b6-5-. The van der Waals surface area contributed by atoms with E-state index in [9.17, 15) is 0 Å². The van der Waals surface area contributed by atoms with Crippen LogP contribution in [0.3, 0.4) is 0 Å². The van der Waals surface area contributed by atoms with E-state index in [1.54, 1.807) is 0 Å². The molecule has 1 nitrogen and oxygen atoms in total. The molecule has 1 aromatic carbocycles. The van der Waals surface area contributed by atoms with Gasteiger partial charge in [0, 0.05) is 27.7 Å². The Bertz CT molecular complexity index is 524. The normalized spacial score (nSPS) is 11.0. The third-order valence-corrected chi connectivity index (χ3v) is 3.11. The highest BCUT2D eigenvalue weighted by atomic mass is 35.5. The Morgan fingerprint density at radius 1 is 0.941 bits per heavy atom. The molecule has 1 aromatic heterocycles. The molecule has 17 heavy (non-hydrogen) atoms. The van der Waals surface area contributed by atoms with E-state index in [0.717, 1.165) is 11.1 Å². The fourth-order valence-electron chi connectivity index (χ4n) is 1.47. The average Bonchev–Trinajstić information content (AvgIpc) is 2.31. The van der Waals surface area contributed by atoms with Gasteiger partial charge in [-0.2, -0.15) is 0 Å². The lowest BCUT2D eigenvalue weighted by molar-refractivity contribution is -0.671. The molecule has 0 aliphatic heterocycles. The van der Waals surface area contributed by atoms with Gasteiger partial charge >= 0.3 is 0 Å². The van der Waals surface area contributed by atoms with Crippen LogP contribution in [-0.2, 0) is 7.05 Å². The largest absolute Gasteiger partial charge is 0.208 e. The van der Waals surface area contributed by atoms with Gasteiger partial charge in [0.1, 0.15) is 7.05 Å². The quantitative estimate of drug-likeness (QED) is 0.723. The topological polar surface area (TPSA) is 3.88 Å². The van der Waals surface area contributed by atoms with Crippen LogP contribution in [0.5, 0.6) is 0 Å². The summed E-state index contributed by atoms with van der Waals surface area (Å²) in [6.45, 7) is 0. The van der Waals surface area contributed by atoms with Crippen molar-refractivity contribution >= 4 is 35.4 Å². The molecule has 2 rings (SSSR count). The van der Waals surface area contributed by atoms with Gasteiger partial charge in [-0.25, -0.2) is 4.57 Å². The molecule has 3 heteroatoms. The minimum atomic E-state index is 0.662. The Balaban J connectivity index is 2.29. The van der Waals surface area contributed by atoms with Gasteiger partial charge in [0.05, 0.1) is 0 Å². The number of hydrogen-bond donors (Lipinski definition) is 0. The highest BCUT2D eigenvalue weighted by Gasteiger charge is 2.01. The molecule has 0 aliphatic rings. The van der Waals surface area contributed by atoms with Crippen molar-refractivity contribution in [2.45, 2.75) is 0 Å². The molecule has 0 N–H and O–H groups in total. The van der Waals surface area contributed by atoms with Gasteiger partial charge in [0.15, 0.2) is 12.4 Å². The van der Waals surface area contributed by atoms with E-state index in [1.807, 2.05) is 66.5 Å². The predicted octanol–water partition coefficient (Wildman–Crippen LogP) is 3.99. The van der Waals surface area contributed by atoms with E-state index < -0.39 is 0 Å². The smallest absolute Gasteiger partial charge is 0.169 e. The Morgan fingerprint density at radius 3 is 2.12 bits per heavy atom. The third kappa shape index (κ3) is 3.09. The molecule has 0 fully saturated rings. The monoisotopic (exact) mass is 264 g/mol. The van der Waals surface area contributed by atoms with E-state index in [1.165, 1.54) is 0 Å². The maximum Gasteiger partial charge on any atom is 0.169 e. The Morgan fingerprint density at radius 2 is 1.53 bits per heavy atom. The summed E-state index contributed by atoms with van der Waals surface area (Å²) in [7, 11) is 1.98. The van der Waals surface area contributed by atoms with Gasteiger partial charge in [-0.05, 0) is 17.7 Å². The van der Waals surface area contributed by atoms with Crippen LogP contribution in [0.1, 0.15) is 11.1 Å². The second-order valence-corrected chi connectivity index (χ2v) is 4.58. The average molecular weight is 265 g/mol. The molecular formula is C14H12Cl2N+. The molecular weight excluding hydrogens is 253 g/mol. The Hall–Kier alpha value is -1.31. The molecule has 0 bridgehead atoms. The molecule has 0 amide bonds. The van der Waals surface area contributed by atoms with Gasteiger partial charge in [-0.1, -0.05) is 41.4 Å². The number of halogens is 2. The number of benzene rings is 1. The minimum Gasteiger partial charge on any atom is -0.208 e. The summed E-state index contributed by atoms with van der Waals surface area (Å²) in [6.07, 6.45) is 7.91. The van der Waals surface area contributed by atoms with Gasteiger partial charge in [-0.15, -0.1) is 0 Å².